The van der Waals surface area contributed by atoms with Gasteiger partial charge >= 0.3 is 0 Å². The van der Waals surface area contributed by atoms with E-state index in [4.69, 9.17) is 0 Å². The van der Waals surface area contributed by atoms with Crippen LogP contribution >= 0.6 is 0 Å². The molecule has 0 aromatic heterocycles. The largest absolute Gasteiger partial charge is 0.121 e. The van der Waals surface area contributed by atoms with Crippen molar-refractivity contribution < 1.29 is 0 Å². The lowest BCUT2D eigenvalue weighted by molar-refractivity contribution is 0.187. The van der Waals surface area contributed by atoms with Crippen LogP contribution in [0.15, 0.2) is 41.6 Å². The minimum absolute atomic E-state index is 0.352. The van der Waals surface area contributed by atoms with E-state index in [-0.39, 0.29) is 0 Å². The summed E-state index contributed by atoms with van der Waals surface area (Å²) in [6.45, 7) is 6.93. The zero-order chi connectivity index (χ0) is 10.9. The molecule has 2 rings (SSSR count). The molecule has 0 bridgehead atoms. The molecule has 0 saturated heterocycles. The van der Waals surface area contributed by atoms with E-state index in [0.29, 0.717) is 5.41 Å². The fourth-order valence-corrected chi connectivity index (χ4v) is 1.96. The normalized spacial score (nSPS) is 22.9. The van der Waals surface area contributed by atoms with Gasteiger partial charge in [-0.25, -0.2) is 0 Å². The summed E-state index contributed by atoms with van der Waals surface area (Å²) < 4.78 is 0. The Morgan fingerprint density at radius 2 is 1.93 bits per heavy atom. The highest BCUT2D eigenvalue weighted by atomic mass is 14.4. The summed E-state index contributed by atoms with van der Waals surface area (Å²) >= 11 is 0. The topological polar surface area (TPSA) is 0 Å². The Kier molecular flexibility index (Phi) is 2.54. The van der Waals surface area contributed by atoms with Gasteiger partial charge in [0.15, 0.2) is 0 Å². The first-order chi connectivity index (χ1) is 7.10. The molecular weight excluding hydrogens is 180 g/mol. The van der Waals surface area contributed by atoms with Gasteiger partial charge in [0.1, 0.15) is 0 Å². The van der Waals surface area contributed by atoms with Gasteiger partial charge in [-0.05, 0) is 35.0 Å². The Morgan fingerprint density at radius 1 is 1.27 bits per heavy atom. The first kappa shape index (κ1) is 10.3. The molecule has 1 unspecified atom stereocenters. The van der Waals surface area contributed by atoms with Gasteiger partial charge in [0.25, 0.3) is 0 Å². The smallest absolute Gasteiger partial charge is 0.00398 e. The molecule has 1 saturated carbocycles. The highest BCUT2D eigenvalue weighted by Crippen LogP contribution is 2.49. The monoisotopic (exact) mass is 198 g/mol. The Labute approximate surface area is 92.3 Å². The lowest BCUT2D eigenvalue weighted by Gasteiger charge is -2.44. The maximum absolute atomic E-state index is 3.45. The molecule has 0 heteroatoms. The minimum atomic E-state index is 0.352. The highest BCUT2D eigenvalue weighted by Gasteiger charge is 2.39. The van der Waals surface area contributed by atoms with Crippen LogP contribution in [0, 0.1) is 11.3 Å². The highest BCUT2D eigenvalue weighted by molar-refractivity contribution is 5.49. The van der Waals surface area contributed by atoms with E-state index < -0.39 is 0 Å². The lowest BCUT2D eigenvalue weighted by atomic mass is 9.60. The van der Waals surface area contributed by atoms with Crippen molar-refractivity contribution in [2.45, 2.75) is 27.2 Å². The van der Waals surface area contributed by atoms with Crippen LogP contribution in [0.1, 0.15) is 32.8 Å². The fourth-order valence-electron chi connectivity index (χ4n) is 1.96. The van der Waals surface area contributed by atoms with Crippen LogP contribution in [0.3, 0.4) is 0 Å². The molecule has 0 aliphatic heterocycles. The maximum atomic E-state index is 3.45. The summed E-state index contributed by atoms with van der Waals surface area (Å²) in [6, 6.07) is 10.4. The van der Waals surface area contributed by atoms with Crippen molar-refractivity contribution in [3.8, 4) is 0 Å². The van der Waals surface area contributed by atoms with Crippen LogP contribution in [0.5, 0.6) is 0 Å². The summed E-state index contributed by atoms with van der Waals surface area (Å²) in [5.41, 5.74) is 6.49. The number of rotatable bonds is 1. The van der Waals surface area contributed by atoms with Crippen molar-refractivity contribution in [2.75, 3.05) is 0 Å². The van der Waals surface area contributed by atoms with Gasteiger partial charge in [-0.2, -0.15) is 0 Å². The van der Waals surface area contributed by atoms with E-state index in [1.165, 1.54) is 17.6 Å². The molecule has 1 aromatic carbocycles. The number of hydrogen-bond acceptors (Lipinski definition) is 0. The Balaban J connectivity index is 2.22. The van der Waals surface area contributed by atoms with E-state index in [0.717, 1.165) is 5.92 Å². The summed E-state index contributed by atoms with van der Waals surface area (Å²) in [5, 5.41) is 0. The first-order valence-corrected chi connectivity index (χ1v) is 5.62. The molecule has 0 nitrogen and oxygen atoms in total. The van der Waals surface area contributed by atoms with Crippen LogP contribution in [-0.2, 0) is 0 Å². The lowest BCUT2D eigenvalue weighted by Crippen LogP contribution is -2.34. The van der Waals surface area contributed by atoms with Gasteiger partial charge in [0, 0.05) is 0 Å². The number of hydrogen-bond donors (Lipinski definition) is 0. The minimum Gasteiger partial charge on any atom is -0.121 e. The molecule has 15 heavy (non-hydrogen) atoms. The second kappa shape index (κ2) is 3.72. The van der Waals surface area contributed by atoms with Crippen LogP contribution in [0.25, 0.3) is 6.08 Å². The summed E-state index contributed by atoms with van der Waals surface area (Å²) in [6.07, 6.45) is 3.30. The van der Waals surface area contributed by atoms with Crippen LogP contribution in [0.4, 0.5) is 0 Å². The van der Waals surface area contributed by atoms with E-state index in [9.17, 15) is 0 Å². The Hall–Kier alpha value is -1.26. The first-order valence-electron chi connectivity index (χ1n) is 5.62. The Morgan fingerprint density at radius 3 is 2.47 bits per heavy atom. The molecule has 0 amide bonds. The zero-order valence-corrected chi connectivity index (χ0v) is 9.75. The molecule has 1 aliphatic rings. The summed E-state index contributed by atoms with van der Waals surface area (Å²) in [7, 11) is 0. The average Bonchev–Trinajstić information content (AvgIpc) is 2.25. The molecule has 1 aromatic rings. The molecule has 78 valence electrons. The van der Waals surface area contributed by atoms with E-state index in [2.05, 4.69) is 56.8 Å². The standard InChI is InChI=1S/C15H18/c1-12-11-14(15(12,2)3)10-9-13-7-5-4-6-8-13/h4-9,12H,11H2,1-3H3. The second-order valence-corrected chi connectivity index (χ2v) is 5.00. The third-order valence-electron chi connectivity index (χ3n) is 3.73. The number of benzene rings is 1. The van der Waals surface area contributed by atoms with E-state index in [1.807, 2.05) is 6.07 Å². The number of allylic oxidation sites excluding steroid dienone is 1. The summed E-state index contributed by atoms with van der Waals surface area (Å²) in [5.74, 6) is 0.796. The third kappa shape index (κ3) is 1.91. The van der Waals surface area contributed by atoms with Gasteiger partial charge in [0.05, 0.1) is 0 Å². The van der Waals surface area contributed by atoms with Crippen LogP contribution in [-0.4, -0.2) is 0 Å². The van der Waals surface area contributed by atoms with Crippen molar-refractivity contribution in [3.05, 3.63) is 47.2 Å². The molecule has 0 heterocycles. The van der Waals surface area contributed by atoms with Gasteiger partial charge in [-0.1, -0.05) is 51.1 Å². The predicted octanol–water partition coefficient (Wildman–Crippen LogP) is 4.29. The molecule has 0 radical (unpaired) electrons. The van der Waals surface area contributed by atoms with Crippen molar-refractivity contribution in [1.29, 1.82) is 0 Å². The molecular formula is C15H18. The predicted molar refractivity (Wildman–Crippen MR) is 65.5 cm³/mol. The molecule has 0 spiro atoms. The van der Waals surface area contributed by atoms with Crippen LogP contribution < -0.4 is 0 Å². The molecule has 1 atom stereocenters. The Bertz CT molecular complexity index is 403. The average molecular weight is 198 g/mol. The van der Waals surface area contributed by atoms with Crippen molar-refractivity contribution in [3.63, 3.8) is 0 Å². The SMILES string of the molecule is CC1CC(=C=Cc2ccccc2)C1(C)C. The second-order valence-electron chi connectivity index (χ2n) is 5.00. The van der Waals surface area contributed by atoms with Crippen molar-refractivity contribution in [2.24, 2.45) is 11.3 Å². The van der Waals surface area contributed by atoms with Gasteiger partial charge in [0.2, 0.25) is 0 Å². The van der Waals surface area contributed by atoms with Crippen molar-refractivity contribution in [1.82, 2.24) is 0 Å². The quantitative estimate of drug-likeness (QED) is 0.590. The van der Waals surface area contributed by atoms with E-state index in [1.54, 1.807) is 0 Å². The molecule has 0 N–H and O–H groups in total. The fraction of sp³-hybridized carbons (Fsp3) is 0.400. The zero-order valence-electron chi connectivity index (χ0n) is 9.75. The van der Waals surface area contributed by atoms with Crippen LogP contribution in [0.2, 0.25) is 0 Å². The summed E-state index contributed by atoms with van der Waals surface area (Å²) in [4.78, 5) is 0. The van der Waals surface area contributed by atoms with E-state index >= 15 is 0 Å². The van der Waals surface area contributed by atoms with Gasteiger partial charge in [-0.15, -0.1) is 5.73 Å². The van der Waals surface area contributed by atoms with Gasteiger partial charge < -0.3 is 0 Å². The maximum Gasteiger partial charge on any atom is -0.00398 e. The third-order valence-corrected chi connectivity index (χ3v) is 3.73. The molecule has 1 aliphatic carbocycles. The molecule has 1 fully saturated rings. The van der Waals surface area contributed by atoms with Crippen molar-refractivity contribution >= 4 is 6.08 Å². The van der Waals surface area contributed by atoms with Gasteiger partial charge in [-0.3, -0.25) is 0 Å².